The SMILES string of the molecule is O=C(NC1CCCCCC1)c1cccc(C(=O)N2CCCc3ccccc32)n1. The van der Waals surface area contributed by atoms with Crippen LogP contribution in [-0.4, -0.2) is 29.4 Å². The summed E-state index contributed by atoms with van der Waals surface area (Å²) in [7, 11) is 0. The molecule has 0 radical (unpaired) electrons. The molecule has 1 aliphatic heterocycles. The zero-order chi connectivity index (χ0) is 19.3. The third-order valence-corrected chi connectivity index (χ3v) is 5.75. The summed E-state index contributed by atoms with van der Waals surface area (Å²) in [5, 5.41) is 3.11. The number of carbonyl (C=O) groups excluding carboxylic acids is 2. The first-order chi connectivity index (χ1) is 13.7. The maximum atomic E-state index is 13.1. The van der Waals surface area contributed by atoms with Crippen LogP contribution in [0.4, 0.5) is 5.69 Å². The minimum atomic E-state index is -0.180. The normalized spacial score (nSPS) is 17.5. The first-order valence-electron chi connectivity index (χ1n) is 10.4. The predicted octanol–water partition coefficient (Wildman–Crippen LogP) is 4.13. The number of hydrogen-bond donors (Lipinski definition) is 1. The van der Waals surface area contributed by atoms with E-state index in [2.05, 4.69) is 16.4 Å². The molecule has 28 heavy (non-hydrogen) atoms. The Morgan fingerprint density at radius 2 is 1.64 bits per heavy atom. The molecule has 4 rings (SSSR count). The number of amides is 2. The van der Waals surface area contributed by atoms with Crippen LogP contribution in [0.5, 0.6) is 0 Å². The smallest absolute Gasteiger partial charge is 0.276 e. The van der Waals surface area contributed by atoms with Crippen molar-refractivity contribution < 1.29 is 9.59 Å². The number of nitrogens with one attached hydrogen (secondary N) is 1. The molecule has 0 spiro atoms. The summed E-state index contributed by atoms with van der Waals surface area (Å²) in [6.07, 6.45) is 8.76. The summed E-state index contributed by atoms with van der Waals surface area (Å²) in [4.78, 5) is 32.0. The molecule has 1 saturated carbocycles. The summed E-state index contributed by atoms with van der Waals surface area (Å²) in [6, 6.07) is 13.4. The average molecular weight is 377 g/mol. The quantitative estimate of drug-likeness (QED) is 0.818. The molecule has 1 aromatic heterocycles. The number of para-hydroxylation sites is 1. The number of pyridine rings is 1. The van der Waals surface area contributed by atoms with E-state index in [0.29, 0.717) is 17.9 Å². The number of aromatic nitrogens is 1. The van der Waals surface area contributed by atoms with Crippen molar-refractivity contribution in [1.82, 2.24) is 10.3 Å². The van der Waals surface area contributed by atoms with E-state index >= 15 is 0 Å². The van der Waals surface area contributed by atoms with Crippen LogP contribution in [0.2, 0.25) is 0 Å². The van der Waals surface area contributed by atoms with Crippen molar-refractivity contribution in [3.8, 4) is 0 Å². The van der Waals surface area contributed by atoms with Gasteiger partial charge in [0.2, 0.25) is 0 Å². The molecule has 1 N–H and O–H groups in total. The van der Waals surface area contributed by atoms with Crippen molar-refractivity contribution in [2.24, 2.45) is 0 Å². The van der Waals surface area contributed by atoms with Gasteiger partial charge in [-0.3, -0.25) is 9.59 Å². The highest BCUT2D eigenvalue weighted by molar-refractivity contribution is 6.06. The molecule has 0 bridgehead atoms. The maximum Gasteiger partial charge on any atom is 0.276 e. The van der Waals surface area contributed by atoms with Crippen LogP contribution >= 0.6 is 0 Å². The summed E-state index contributed by atoms with van der Waals surface area (Å²) >= 11 is 0. The van der Waals surface area contributed by atoms with Crippen LogP contribution < -0.4 is 10.2 Å². The number of carbonyl (C=O) groups is 2. The Bertz CT molecular complexity index is 856. The second-order valence-electron chi connectivity index (χ2n) is 7.76. The van der Waals surface area contributed by atoms with Gasteiger partial charge in [0.25, 0.3) is 11.8 Å². The van der Waals surface area contributed by atoms with Gasteiger partial charge in [-0.25, -0.2) is 4.98 Å². The highest BCUT2D eigenvalue weighted by atomic mass is 16.2. The third kappa shape index (κ3) is 4.08. The van der Waals surface area contributed by atoms with Gasteiger partial charge in [-0.1, -0.05) is 49.9 Å². The van der Waals surface area contributed by atoms with Crippen molar-refractivity contribution in [1.29, 1.82) is 0 Å². The molecule has 0 unspecified atom stereocenters. The van der Waals surface area contributed by atoms with E-state index < -0.39 is 0 Å². The molecule has 0 atom stereocenters. The molecule has 2 amide bonds. The van der Waals surface area contributed by atoms with Gasteiger partial charge in [-0.15, -0.1) is 0 Å². The van der Waals surface area contributed by atoms with Gasteiger partial charge >= 0.3 is 0 Å². The highest BCUT2D eigenvalue weighted by Crippen LogP contribution is 2.27. The van der Waals surface area contributed by atoms with Gasteiger partial charge in [0.15, 0.2) is 0 Å². The molecule has 1 fully saturated rings. The third-order valence-electron chi connectivity index (χ3n) is 5.75. The zero-order valence-corrected chi connectivity index (χ0v) is 16.2. The molecule has 5 nitrogen and oxygen atoms in total. The monoisotopic (exact) mass is 377 g/mol. The predicted molar refractivity (Wildman–Crippen MR) is 110 cm³/mol. The summed E-state index contributed by atoms with van der Waals surface area (Å²) in [6.45, 7) is 0.677. The molecule has 5 heteroatoms. The number of benzene rings is 1. The maximum absolute atomic E-state index is 13.1. The standard InChI is InChI=1S/C23H27N3O2/c27-22(24-18-11-3-1-2-4-12-18)19-13-7-14-20(25-19)23(28)26-16-8-10-17-9-5-6-15-21(17)26/h5-7,9,13-15,18H,1-4,8,10-12,16H2,(H,24,27). The van der Waals surface area contributed by atoms with Crippen LogP contribution in [0.3, 0.4) is 0 Å². The molecular formula is C23H27N3O2. The summed E-state index contributed by atoms with van der Waals surface area (Å²) in [5.41, 5.74) is 2.78. The molecule has 2 aromatic rings. The molecule has 0 saturated heterocycles. The van der Waals surface area contributed by atoms with E-state index in [1.807, 2.05) is 18.2 Å². The van der Waals surface area contributed by atoms with Gasteiger partial charge in [0, 0.05) is 18.3 Å². The number of nitrogens with zero attached hydrogens (tertiary/aromatic N) is 2. The van der Waals surface area contributed by atoms with E-state index in [1.54, 1.807) is 23.1 Å². The minimum Gasteiger partial charge on any atom is -0.348 e. The van der Waals surface area contributed by atoms with Crippen LogP contribution in [0.25, 0.3) is 0 Å². The van der Waals surface area contributed by atoms with Crippen LogP contribution in [0, 0.1) is 0 Å². The largest absolute Gasteiger partial charge is 0.348 e. The number of anilines is 1. The van der Waals surface area contributed by atoms with Gasteiger partial charge in [0.1, 0.15) is 11.4 Å². The Morgan fingerprint density at radius 3 is 2.46 bits per heavy atom. The lowest BCUT2D eigenvalue weighted by Crippen LogP contribution is -2.37. The van der Waals surface area contributed by atoms with Crippen molar-refractivity contribution in [2.75, 3.05) is 11.4 Å². The van der Waals surface area contributed by atoms with Crippen molar-refractivity contribution in [3.05, 3.63) is 59.4 Å². The second-order valence-corrected chi connectivity index (χ2v) is 7.76. The lowest BCUT2D eigenvalue weighted by molar-refractivity contribution is 0.0928. The molecule has 146 valence electrons. The van der Waals surface area contributed by atoms with Gasteiger partial charge in [0.05, 0.1) is 0 Å². The molecule has 1 aliphatic carbocycles. The Morgan fingerprint density at radius 1 is 0.893 bits per heavy atom. The topological polar surface area (TPSA) is 62.3 Å². The van der Waals surface area contributed by atoms with E-state index in [0.717, 1.165) is 44.2 Å². The van der Waals surface area contributed by atoms with Gasteiger partial charge in [-0.2, -0.15) is 0 Å². The Kier molecular flexibility index (Phi) is 5.70. The number of fused-ring (bicyclic) bond motifs is 1. The van der Waals surface area contributed by atoms with Crippen LogP contribution in [0.15, 0.2) is 42.5 Å². The summed E-state index contributed by atoms with van der Waals surface area (Å²) in [5.74, 6) is -0.322. The highest BCUT2D eigenvalue weighted by Gasteiger charge is 2.25. The number of rotatable bonds is 3. The fourth-order valence-electron chi connectivity index (χ4n) is 4.25. The molecule has 2 aliphatic rings. The van der Waals surface area contributed by atoms with Gasteiger partial charge < -0.3 is 10.2 Å². The lowest BCUT2D eigenvalue weighted by Gasteiger charge is -2.29. The number of hydrogen-bond acceptors (Lipinski definition) is 3. The van der Waals surface area contributed by atoms with Crippen molar-refractivity contribution >= 4 is 17.5 Å². The van der Waals surface area contributed by atoms with E-state index in [-0.39, 0.29) is 17.9 Å². The zero-order valence-electron chi connectivity index (χ0n) is 16.2. The van der Waals surface area contributed by atoms with Gasteiger partial charge in [-0.05, 0) is 49.4 Å². The van der Waals surface area contributed by atoms with Crippen molar-refractivity contribution in [3.63, 3.8) is 0 Å². The Labute approximate surface area is 166 Å². The van der Waals surface area contributed by atoms with E-state index in [1.165, 1.54) is 18.4 Å². The Hall–Kier alpha value is -2.69. The average Bonchev–Trinajstić information content (AvgIpc) is 3.01. The van der Waals surface area contributed by atoms with Crippen LogP contribution in [0.1, 0.15) is 71.5 Å². The molecule has 1 aromatic carbocycles. The lowest BCUT2D eigenvalue weighted by atomic mass is 10.0. The Balaban J connectivity index is 1.50. The molecule has 2 heterocycles. The van der Waals surface area contributed by atoms with E-state index in [9.17, 15) is 9.59 Å². The fraction of sp³-hybridized carbons (Fsp3) is 0.435. The molecular weight excluding hydrogens is 350 g/mol. The fourth-order valence-corrected chi connectivity index (χ4v) is 4.25. The van der Waals surface area contributed by atoms with Crippen LogP contribution in [-0.2, 0) is 6.42 Å². The summed E-state index contributed by atoms with van der Waals surface area (Å²) < 4.78 is 0. The van der Waals surface area contributed by atoms with Crippen molar-refractivity contribution in [2.45, 2.75) is 57.4 Å². The first kappa shape index (κ1) is 18.7. The number of aryl methyl sites for hydroxylation is 1. The first-order valence-corrected chi connectivity index (χ1v) is 10.4. The minimum absolute atomic E-state index is 0.142. The second kappa shape index (κ2) is 8.55. The van der Waals surface area contributed by atoms with E-state index in [4.69, 9.17) is 0 Å².